The van der Waals surface area contributed by atoms with Gasteiger partial charge in [0, 0.05) is 18.7 Å². The lowest BCUT2D eigenvalue weighted by molar-refractivity contribution is 0.0895. The van der Waals surface area contributed by atoms with Gasteiger partial charge < -0.3 is 20.1 Å². The highest BCUT2D eigenvalue weighted by Crippen LogP contribution is 2.37. The molecule has 0 aliphatic heterocycles. The lowest BCUT2D eigenvalue weighted by atomic mass is 9.85. The number of nitrogens with one attached hydrogen (secondary N) is 1. The molecule has 0 spiro atoms. The third-order valence-electron chi connectivity index (χ3n) is 5.71. The van der Waals surface area contributed by atoms with Gasteiger partial charge in [0.1, 0.15) is 6.67 Å². The van der Waals surface area contributed by atoms with Crippen LogP contribution in [0.5, 0.6) is 0 Å². The Morgan fingerprint density at radius 2 is 1.67 bits per heavy atom. The lowest BCUT2D eigenvalue weighted by Gasteiger charge is -2.29. The minimum absolute atomic E-state index is 0.173. The minimum atomic E-state index is -1.51. The summed E-state index contributed by atoms with van der Waals surface area (Å²) in [5.74, 6) is 0.0268. The Labute approximate surface area is 191 Å². The van der Waals surface area contributed by atoms with E-state index in [0.29, 0.717) is 40.1 Å². The monoisotopic (exact) mass is 447 g/mol. The summed E-state index contributed by atoms with van der Waals surface area (Å²) in [6, 6.07) is 23.8. The summed E-state index contributed by atoms with van der Waals surface area (Å²) in [6.45, 7) is 1.36. The number of imidazole rings is 1. The normalized spacial score (nSPS) is 12.6. The van der Waals surface area contributed by atoms with Gasteiger partial charge >= 0.3 is 0 Å². The number of aliphatic hydroxyl groups is 2. The molecule has 170 valence electrons. The molecule has 0 aliphatic carbocycles. The van der Waals surface area contributed by atoms with Crippen LogP contribution in [0.4, 0.5) is 4.39 Å². The second-order valence-corrected chi connectivity index (χ2v) is 7.84. The van der Waals surface area contributed by atoms with E-state index in [0.717, 1.165) is 0 Å². The van der Waals surface area contributed by atoms with E-state index in [4.69, 9.17) is 4.98 Å². The molecule has 0 aliphatic rings. The molecule has 3 N–H and O–H groups in total. The van der Waals surface area contributed by atoms with E-state index < -0.39 is 24.3 Å². The molecule has 1 amide bonds. The first-order chi connectivity index (χ1) is 16.0. The Morgan fingerprint density at radius 3 is 2.21 bits per heavy atom. The zero-order valence-corrected chi connectivity index (χ0v) is 18.3. The Balaban J connectivity index is 1.85. The Bertz CT molecular complexity index is 1200. The van der Waals surface area contributed by atoms with Crippen molar-refractivity contribution in [2.45, 2.75) is 25.2 Å². The molecular formula is C26H26FN3O3. The quantitative estimate of drug-likeness (QED) is 0.386. The van der Waals surface area contributed by atoms with Crippen LogP contribution in [0.2, 0.25) is 0 Å². The van der Waals surface area contributed by atoms with Crippen LogP contribution in [0.15, 0.2) is 78.9 Å². The molecule has 33 heavy (non-hydrogen) atoms. The highest BCUT2D eigenvalue weighted by atomic mass is 19.1. The van der Waals surface area contributed by atoms with Crippen LogP contribution < -0.4 is 5.32 Å². The van der Waals surface area contributed by atoms with Gasteiger partial charge in [-0.2, -0.15) is 0 Å². The first-order valence-corrected chi connectivity index (χ1v) is 10.9. The molecule has 0 radical (unpaired) electrons. The number of benzene rings is 3. The molecule has 6 nitrogen and oxygen atoms in total. The van der Waals surface area contributed by atoms with Crippen molar-refractivity contribution in [3.8, 4) is 0 Å². The van der Waals surface area contributed by atoms with Gasteiger partial charge in [0.05, 0.1) is 17.1 Å². The van der Waals surface area contributed by atoms with E-state index in [1.807, 2.05) is 72.2 Å². The molecule has 1 aromatic heterocycles. The van der Waals surface area contributed by atoms with E-state index in [9.17, 15) is 19.4 Å². The zero-order chi connectivity index (χ0) is 23.4. The second-order valence-electron chi connectivity index (χ2n) is 7.84. The molecule has 1 unspecified atom stereocenters. The highest BCUT2D eigenvalue weighted by Gasteiger charge is 2.38. The number of hydrogen-bond acceptors (Lipinski definition) is 4. The van der Waals surface area contributed by atoms with Gasteiger partial charge in [-0.1, -0.05) is 60.7 Å². The summed E-state index contributed by atoms with van der Waals surface area (Å²) in [7, 11) is 0. The zero-order valence-electron chi connectivity index (χ0n) is 18.3. The first kappa shape index (κ1) is 22.6. The number of hydrogen-bond donors (Lipinski definition) is 3. The van der Waals surface area contributed by atoms with E-state index in [1.165, 1.54) is 0 Å². The summed E-state index contributed by atoms with van der Waals surface area (Å²) in [4.78, 5) is 17.3. The molecule has 0 saturated carbocycles. The van der Waals surface area contributed by atoms with Crippen molar-refractivity contribution < 1.29 is 19.4 Å². The molecule has 1 heterocycles. The topological polar surface area (TPSA) is 87.4 Å². The van der Waals surface area contributed by atoms with E-state index >= 15 is 0 Å². The van der Waals surface area contributed by atoms with E-state index in [-0.39, 0.29) is 6.54 Å². The Hall–Kier alpha value is -3.55. The third kappa shape index (κ3) is 4.25. The number of aryl methyl sites for hydroxylation is 1. The van der Waals surface area contributed by atoms with Crippen LogP contribution in [0.3, 0.4) is 0 Å². The molecular weight excluding hydrogens is 421 g/mol. The number of carbonyl (C=O) groups excluding carboxylic acids is 1. The molecule has 4 aromatic rings. The van der Waals surface area contributed by atoms with Gasteiger partial charge in [0.25, 0.3) is 5.91 Å². The van der Waals surface area contributed by atoms with Crippen LogP contribution in [0.1, 0.15) is 34.2 Å². The number of aromatic nitrogens is 2. The first-order valence-electron chi connectivity index (χ1n) is 10.9. The summed E-state index contributed by atoms with van der Waals surface area (Å²) >= 11 is 0. The molecule has 3 aromatic carbocycles. The molecule has 0 fully saturated rings. The fourth-order valence-corrected chi connectivity index (χ4v) is 4.01. The fraction of sp³-hybridized carbons (Fsp3) is 0.231. The largest absolute Gasteiger partial charge is 0.389 e. The number of amides is 1. The van der Waals surface area contributed by atoms with Crippen LogP contribution in [-0.2, 0) is 12.1 Å². The Morgan fingerprint density at radius 1 is 1.06 bits per heavy atom. The van der Waals surface area contributed by atoms with Crippen LogP contribution in [0, 0.1) is 0 Å². The van der Waals surface area contributed by atoms with Gasteiger partial charge in [-0.3, -0.25) is 4.79 Å². The SMILES string of the molecule is CCn1c(C(O)(c2ccccc2)c2ccccc2)nc2ccc(C(=O)NCC(O)CF)cc21. The number of nitrogens with zero attached hydrogens (tertiary/aromatic N) is 2. The summed E-state index contributed by atoms with van der Waals surface area (Å²) in [6.07, 6.45) is -1.24. The van der Waals surface area contributed by atoms with Crippen molar-refractivity contribution in [2.24, 2.45) is 0 Å². The van der Waals surface area contributed by atoms with Crippen molar-refractivity contribution in [1.29, 1.82) is 0 Å². The van der Waals surface area contributed by atoms with E-state index in [1.54, 1.807) is 18.2 Å². The van der Waals surface area contributed by atoms with Gasteiger partial charge in [-0.25, -0.2) is 9.37 Å². The van der Waals surface area contributed by atoms with Crippen molar-refractivity contribution >= 4 is 16.9 Å². The standard InChI is InChI=1S/C26H26FN3O3/c1-2-30-23-15-18(24(32)28-17-21(31)16-27)13-14-22(23)29-25(30)26(33,19-9-5-3-6-10-19)20-11-7-4-8-12-20/h3-15,21,31,33H,2,16-17H2,1H3,(H,28,32). The van der Waals surface area contributed by atoms with Crippen molar-refractivity contribution in [1.82, 2.24) is 14.9 Å². The maximum absolute atomic E-state index is 12.5. The van der Waals surface area contributed by atoms with Gasteiger partial charge in [-0.15, -0.1) is 0 Å². The van der Waals surface area contributed by atoms with Crippen LogP contribution >= 0.6 is 0 Å². The predicted molar refractivity (Wildman–Crippen MR) is 125 cm³/mol. The number of alkyl halides is 1. The van der Waals surface area contributed by atoms with Crippen molar-refractivity contribution in [2.75, 3.05) is 13.2 Å². The van der Waals surface area contributed by atoms with Crippen molar-refractivity contribution in [3.63, 3.8) is 0 Å². The molecule has 0 bridgehead atoms. The maximum Gasteiger partial charge on any atom is 0.251 e. The average molecular weight is 448 g/mol. The number of halogens is 1. The van der Waals surface area contributed by atoms with E-state index in [2.05, 4.69) is 5.32 Å². The summed E-state index contributed by atoms with van der Waals surface area (Å²) in [5.41, 5.74) is 1.54. The number of rotatable bonds is 8. The number of aliphatic hydroxyl groups excluding tert-OH is 1. The van der Waals surface area contributed by atoms with Gasteiger partial charge in [0.2, 0.25) is 0 Å². The third-order valence-corrected chi connectivity index (χ3v) is 5.71. The second kappa shape index (κ2) is 9.52. The van der Waals surface area contributed by atoms with Crippen LogP contribution in [-0.4, -0.2) is 45.0 Å². The number of carbonyl (C=O) groups is 1. The number of fused-ring (bicyclic) bond motifs is 1. The van der Waals surface area contributed by atoms with Crippen molar-refractivity contribution in [3.05, 3.63) is 101 Å². The molecule has 7 heteroatoms. The maximum atomic E-state index is 12.5. The predicted octanol–water partition coefficient (Wildman–Crippen LogP) is 3.40. The van der Waals surface area contributed by atoms with Gasteiger partial charge in [0.15, 0.2) is 11.4 Å². The summed E-state index contributed by atoms with van der Waals surface area (Å²) in [5, 5.41) is 24.1. The average Bonchev–Trinajstić information content (AvgIpc) is 3.25. The molecule has 0 saturated heterocycles. The molecule has 1 atom stereocenters. The fourth-order valence-electron chi connectivity index (χ4n) is 4.01. The smallest absolute Gasteiger partial charge is 0.251 e. The van der Waals surface area contributed by atoms with Crippen LogP contribution in [0.25, 0.3) is 11.0 Å². The molecule has 4 rings (SSSR count). The summed E-state index contributed by atoms with van der Waals surface area (Å²) < 4.78 is 14.4. The van der Waals surface area contributed by atoms with Gasteiger partial charge in [-0.05, 0) is 36.2 Å². The highest BCUT2D eigenvalue weighted by molar-refractivity contribution is 5.97. The lowest BCUT2D eigenvalue weighted by Crippen LogP contribution is -2.33. The Kier molecular flexibility index (Phi) is 6.53. The minimum Gasteiger partial charge on any atom is -0.389 e.